The molecule has 86 valence electrons. The third kappa shape index (κ3) is 1.18. The predicted molar refractivity (Wildman–Crippen MR) is 66.1 cm³/mol. The smallest absolute Gasteiger partial charge is 0.264 e. The topological polar surface area (TPSA) is 89.6 Å². The molecular weight excluding hydrogens is 242 g/mol. The molecule has 3 rings (SSSR count). The number of aryl methyl sites for hydroxylation is 1. The summed E-state index contributed by atoms with van der Waals surface area (Å²) in [5.41, 5.74) is 6.58. The maximum absolute atomic E-state index is 12.1. The maximum Gasteiger partial charge on any atom is 0.264 e. The van der Waals surface area contributed by atoms with E-state index in [1.54, 1.807) is 19.3 Å². The van der Waals surface area contributed by atoms with Crippen LogP contribution in [-0.2, 0) is 7.05 Å². The van der Waals surface area contributed by atoms with Crippen LogP contribution in [0, 0.1) is 0 Å². The van der Waals surface area contributed by atoms with Crippen LogP contribution in [0.5, 0.6) is 0 Å². The normalized spacial score (nSPS) is 11.4. The molecule has 7 heteroatoms. The molecule has 0 bridgehead atoms. The van der Waals surface area contributed by atoms with E-state index in [2.05, 4.69) is 15.2 Å². The number of pyridine rings is 2. The standard InChI is InChI=1S/C10H8ClN5O/c1-16-7-4(2-3-13-8(7)11)6-5(10(16)17)9(12)15-14-6/h2-3H,1H3,(H3,12,14,15). The third-order valence-corrected chi connectivity index (χ3v) is 3.07. The first-order valence-corrected chi connectivity index (χ1v) is 5.26. The van der Waals surface area contributed by atoms with E-state index >= 15 is 0 Å². The van der Waals surface area contributed by atoms with Crippen LogP contribution in [-0.4, -0.2) is 19.7 Å². The molecule has 0 saturated carbocycles. The number of aromatic nitrogens is 4. The molecule has 0 aliphatic heterocycles. The summed E-state index contributed by atoms with van der Waals surface area (Å²) >= 11 is 6.01. The van der Waals surface area contributed by atoms with E-state index < -0.39 is 0 Å². The number of nitrogens with two attached hydrogens (primary N) is 1. The highest BCUT2D eigenvalue weighted by Gasteiger charge is 2.15. The Morgan fingerprint density at radius 2 is 2.29 bits per heavy atom. The highest BCUT2D eigenvalue weighted by atomic mass is 35.5. The average molecular weight is 250 g/mol. The van der Waals surface area contributed by atoms with Gasteiger partial charge in [-0.25, -0.2) is 4.98 Å². The molecule has 0 fully saturated rings. The van der Waals surface area contributed by atoms with Gasteiger partial charge in [-0.3, -0.25) is 9.89 Å². The Morgan fingerprint density at radius 1 is 1.53 bits per heavy atom. The van der Waals surface area contributed by atoms with Gasteiger partial charge in [-0.1, -0.05) is 11.6 Å². The molecule has 0 atom stereocenters. The lowest BCUT2D eigenvalue weighted by Crippen LogP contribution is -2.18. The molecule has 3 aromatic rings. The van der Waals surface area contributed by atoms with Crippen molar-refractivity contribution in [2.45, 2.75) is 0 Å². The van der Waals surface area contributed by atoms with Gasteiger partial charge in [0, 0.05) is 18.6 Å². The van der Waals surface area contributed by atoms with Gasteiger partial charge in [0.1, 0.15) is 5.39 Å². The minimum absolute atomic E-state index is 0.190. The minimum atomic E-state index is -0.242. The van der Waals surface area contributed by atoms with Gasteiger partial charge in [0.25, 0.3) is 5.56 Å². The molecular formula is C10H8ClN5O. The molecule has 3 heterocycles. The summed E-state index contributed by atoms with van der Waals surface area (Å²) in [6, 6.07) is 1.76. The lowest BCUT2D eigenvalue weighted by atomic mass is 10.2. The SMILES string of the molecule is Cn1c(=O)c2c(N)n[nH]c2c2ccnc(Cl)c21. The first-order chi connectivity index (χ1) is 8.11. The van der Waals surface area contributed by atoms with Crippen LogP contribution in [0.15, 0.2) is 17.1 Å². The van der Waals surface area contributed by atoms with Crippen molar-refractivity contribution < 1.29 is 0 Å². The number of nitrogens with zero attached hydrogens (tertiary/aromatic N) is 3. The summed E-state index contributed by atoms with van der Waals surface area (Å²) in [6.07, 6.45) is 1.58. The fourth-order valence-electron chi connectivity index (χ4n) is 1.99. The first kappa shape index (κ1) is 10.1. The van der Waals surface area contributed by atoms with Gasteiger partial charge in [-0.05, 0) is 6.07 Å². The quantitative estimate of drug-likeness (QED) is 0.583. The highest BCUT2D eigenvalue weighted by molar-refractivity contribution is 6.34. The number of nitrogen functional groups attached to an aromatic ring is 1. The molecule has 0 aromatic carbocycles. The van der Waals surface area contributed by atoms with Crippen molar-refractivity contribution in [3.05, 3.63) is 27.8 Å². The summed E-state index contributed by atoms with van der Waals surface area (Å²) < 4.78 is 1.43. The fourth-order valence-corrected chi connectivity index (χ4v) is 2.27. The van der Waals surface area contributed by atoms with Crippen molar-refractivity contribution in [3.8, 4) is 0 Å². The Balaban J connectivity index is 2.77. The van der Waals surface area contributed by atoms with E-state index in [9.17, 15) is 4.79 Å². The fraction of sp³-hybridized carbons (Fsp3) is 0.100. The second-order valence-electron chi connectivity index (χ2n) is 3.72. The average Bonchev–Trinajstić information content (AvgIpc) is 2.68. The number of hydrogen-bond acceptors (Lipinski definition) is 4. The minimum Gasteiger partial charge on any atom is -0.382 e. The number of halogens is 1. The van der Waals surface area contributed by atoms with Crippen molar-refractivity contribution in [2.75, 3.05) is 5.73 Å². The molecule has 0 aliphatic rings. The predicted octanol–water partition coefficient (Wildman–Crippen LogP) is 1.05. The van der Waals surface area contributed by atoms with E-state index in [-0.39, 0.29) is 16.5 Å². The van der Waals surface area contributed by atoms with Gasteiger partial charge in [0.2, 0.25) is 0 Å². The summed E-state index contributed by atoms with van der Waals surface area (Å²) in [5, 5.41) is 8.03. The number of rotatable bonds is 0. The highest BCUT2D eigenvalue weighted by Crippen LogP contribution is 2.26. The summed E-state index contributed by atoms with van der Waals surface area (Å²) in [7, 11) is 1.63. The van der Waals surface area contributed by atoms with E-state index in [1.807, 2.05) is 0 Å². The van der Waals surface area contributed by atoms with Crippen molar-refractivity contribution in [2.24, 2.45) is 7.05 Å². The van der Waals surface area contributed by atoms with E-state index in [1.165, 1.54) is 4.57 Å². The number of H-pyrrole nitrogens is 1. The van der Waals surface area contributed by atoms with Crippen molar-refractivity contribution in [1.29, 1.82) is 0 Å². The number of aromatic amines is 1. The van der Waals surface area contributed by atoms with Gasteiger partial charge < -0.3 is 10.3 Å². The Morgan fingerprint density at radius 3 is 3.06 bits per heavy atom. The molecule has 17 heavy (non-hydrogen) atoms. The van der Waals surface area contributed by atoms with E-state index in [0.717, 1.165) is 5.39 Å². The van der Waals surface area contributed by atoms with E-state index in [4.69, 9.17) is 17.3 Å². The van der Waals surface area contributed by atoms with Gasteiger partial charge in [-0.15, -0.1) is 0 Å². The summed E-state index contributed by atoms with van der Waals surface area (Å²) in [5.74, 6) is 0.190. The molecule has 0 unspecified atom stereocenters. The second kappa shape index (κ2) is 3.21. The Labute approximate surface area is 100 Å². The number of anilines is 1. The lowest BCUT2D eigenvalue weighted by Gasteiger charge is -2.06. The van der Waals surface area contributed by atoms with Gasteiger partial charge in [-0.2, -0.15) is 5.10 Å². The summed E-state index contributed by atoms with van der Waals surface area (Å²) in [4.78, 5) is 16.1. The molecule has 0 radical (unpaired) electrons. The van der Waals surface area contributed by atoms with E-state index in [0.29, 0.717) is 16.4 Å². The molecule has 3 N–H and O–H groups in total. The van der Waals surface area contributed by atoms with Crippen LogP contribution in [0.3, 0.4) is 0 Å². The van der Waals surface area contributed by atoms with Crippen molar-refractivity contribution >= 4 is 39.2 Å². The van der Waals surface area contributed by atoms with Crippen LogP contribution in [0.2, 0.25) is 5.15 Å². The van der Waals surface area contributed by atoms with Crippen LogP contribution >= 0.6 is 11.6 Å². The molecule has 0 aliphatic carbocycles. The zero-order chi connectivity index (χ0) is 12.2. The van der Waals surface area contributed by atoms with Gasteiger partial charge in [0.15, 0.2) is 11.0 Å². The van der Waals surface area contributed by atoms with Gasteiger partial charge >= 0.3 is 0 Å². The molecule has 0 amide bonds. The number of hydrogen-bond donors (Lipinski definition) is 2. The third-order valence-electron chi connectivity index (χ3n) is 2.80. The lowest BCUT2D eigenvalue weighted by molar-refractivity contribution is 0.915. The van der Waals surface area contributed by atoms with Crippen LogP contribution in [0.25, 0.3) is 21.8 Å². The van der Waals surface area contributed by atoms with Crippen molar-refractivity contribution in [1.82, 2.24) is 19.7 Å². The first-order valence-electron chi connectivity index (χ1n) is 4.88. The number of fused-ring (bicyclic) bond motifs is 3. The molecule has 0 saturated heterocycles. The number of nitrogens with one attached hydrogen (secondary N) is 1. The zero-order valence-electron chi connectivity index (χ0n) is 8.86. The van der Waals surface area contributed by atoms with Crippen molar-refractivity contribution in [3.63, 3.8) is 0 Å². The monoisotopic (exact) mass is 249 g/mol. The largest absolute Gasteiger partial charge is 0.382 e. The molecule has 0 spiro atoms. The Bertz CT molecular complexity index is 804. The molecule has 6 nitrogen and oxygen atoms in total. The second-order valence-corrected chi connectivity index (χ2v) is 4.08. The van der Waals surface area contributed by atoms with Crippen LogP contribution < -0.4 is 11.3 Å². The maximum atomic E-state index is 12.1. The Kier molecular flexibility index (Phi) is 1.90. The Hall–Kier alpha value is -2.08. The van der Waals surface area contributed by atoms with Gasteiger partial charge in [0.05, 0.1) is 11.0 Å². The van der Waals surface area contributed by atoms with Crippen LogP contribution in [0.1, 0.15) is 0 Å². The summed E-state index contributed by atoms with van der Waals surface area (Å²) in [6.45, 7) is 0. The zero-order valence-corrected chi connectivity index (χ0v) is 9.62. The molecule has 3 aromatic heterocycles. The van der Waals surface area contributed by atoms with Crippen LogP contribution in [0.4, 0.5) is 5.82 Å².